The van der Waals surface area contributed by atoms with E-state index in [0.717, 1.165) is 23.1 Å². The van der Waals surface area contributed by atoms with Gasteiger partial charge in [-0.3, -0.25) is 9.59 Å². The van der Waals surface area contributed by atoms with E-state index in [1.54, 1.807) is 37.3 Å². The van der Waals surface area contributed by atoms with E-state index in [-0.39, 0.29) is 30.6 Å². The van der Waals surface area contributed by atoms with E-state index in [1.165, 1.54) is 0 Å². The molecule has 0 spiro atoms. The first kappa shape index (κ1) is 31.0. The summed E-state index contributed by atoms with van der Waals surface area (Å²) in [5.41, 5.74) is 3.24. The van der Waals surface area contributed by atoms with Crippen molar-refractivity contribution in [2.75, 3.05) is 32.6 Å². The summed E-state index contributed by atoms with van der Waals surface area (Å²) in [6.07, 6.45) is 10.1. The number of benzene rings is 3. The summed E-state index contributed by atoms with van der Waals surface area (Å²) in [6.45, 7) is 1.74. The van der Waals surface area contributed by atoms with Gasteiger partial charge in [0.25, 0.3) is 5.91 Å². The van der Waals surface area contributed by atoms with Gasteiger partial charge in [-0.15, -0.1) is 0 Å². The Kier molecular flexibility index (Phi) is 9.10. The van der Waals surface area contributed by atoms with Crippen molar-refractivity contribution in [2.24, 2.45) is 5.41 Å². The highest BCUT2D eigenvalue weighted by atomic mass is 16.6. The van der Waals surface area contributed by atoms with E-state index < -0.39 is 5.41 Å². The lowest BCUT2D eigenvalue weighted by molar-refractivity contribution is -0.125. The molecule has 2 aliphatic heterocycles. The van der Waals surface area contributed by atoms with E-state index >= 15 is 0 Å². The molecule has 1 saturated heterocycles. The number of allylic oxidation sites excluding steroid dienone is 3. The Morgan fingerprint density at radius 1 is 0.913 bits per heavy atom. The van der Waals surface area contributed by atoms with Gasteiger partial charge in [-0.05, 0) is 72.7 Å². The minimum absolute atomic E-state index is 0.147. The molecule has 3 aromatic carbocycles. The SMILES string of the molecule is COc1ccc(C(=O)N2CCCC2C2(C(=O)Nc3ccc4c(c3)CN(C(=O)OCc3ccccc3)CC4)C=CC=CC2)cc1OC. The van der Waals surface area contributed by atoms with Gasteiger partial charge in [0.2, 0.25) is 5.91 Å². The maximum Gasteiger partial charge on any atom is 0.410 e. The summed E-state index contributed by atoms with van der Waals surface area (Å²) in [6, 6.07) is 20.3. The summed E-state index contributed by atoms with van der Waals surface area (Å²) < 4.78 is 16.4. The molecule has 2 heterocycles. The molecular weight excluding hydrogens is 582 g/mol. The lowest BCUT2D eigenvalue weighted by Gasteiger charge is -2.40. The molecule has 2 unspecified atom stereocenters. The minimum atomic E-state index is -0.944. The first-order valence-corrected chi connectivity index (χ1v) is 15.7. The number of hydrogen-bond donors (Lipinski definition) is 1. The number of carbonyl (C=O) groups is 3. The van der Waals surface area contributed by atoms with E-state index in [4.69, 9.17) is 14.2 Å². The number of amides is 3. The van der Waals surface area contributed by atoms with Crippen molar-refractivity contribution < 1.29 is 28.6 Å². The zero-order valence-electron chi connectivity index (χ0n) is 26.2. The van der Waals surface area contributed by atoms with Crippen LogP contribution in [0.3, 0.4) is 0 Å². The Bertz CT molecular complexity index is 1670. The second-order valence-electron chi connectivity index (χ2n) is 11.9. The second-order valence-corrected chi connectivity index (χ2v) is 11.9. The van der Waals surface area contributed by atoms with Crippen LogP contribution in [-0.2, 0) is 29.1 Å². The number of anilines is 1. The van der Waals surface area contributed by atoms with Gasteiger partial charge < -0.3 is 29.3 Å². The Morgan fingerprint density at radius 2 is 1.74 bits per heavy atom. The Hall–Kier alpha value is -5.05. The van der Waals surface area contributed by atoms with E-state index in [1.807, 2.05) is 77.7 Å². The van der Waals surface area contributed by atoms with Crippen LogP contribution in [0.25, 0.3) is 0 Å². The zero-order chi connectivity index (χ0) is 32.1. The number of ether oxygens (including phenoxy) is 3. The summed E-state index contributed by atoms with van der Waals surface area (Å²) >= 11 is 0. The molecule has 3 amide bonds. The first-order valence-electron chi connectivity index (χ1n) is 15.7. The van der Waals surface area contributed by atoms with Crippen LogP contribution in [0.2, 0.25) is 0 Å². The van der Waals surface area contributed by atoms with Crippen LogP contribution >= 0.6 is 0 Å². The number of methoxy groups -OCH3 is 2. The van der Waals surface area contributed by atoms with E-state index in [2.05, 4.69) is 5.32 Å². The molecule has 3 aliphatic rings. The molecule has 3 aromatic rings. The fourth-order valence-electron chi connectivity index (χ4n) is 6.73. The molecular formula is C37H39N3O6. The molecule has 238 valence electrons. The number of nitrogens with zero attached hydrogens (tertiary/aromatic N) is 2. The Balaban J connectivity index is 1.18. The number of carbonyl (C=O) groups excluding carboxylic acids is 3. The van der Waals surface area contributed by atoms with Crippen LogP contribution in [0.15, 0.2) is 91.0 Å². The van der Waals surface area contributed by atoms with Crippen molar-refractivity contribution in [3.05, 3.63) is 113 Å². The molecule has 6 rings (SSSR count). The van der Waals surface area contributed by atoms with E-state index in [9.17, 15) is 14.4 Å². The molecule has 2 atom stereocenters. The topological polar surface area (TPSA) is 97.4 Å². The highest BCUT2D eigenvalue weighted by Crippen LogP contribution is 2.42. The van der Waals surface area contributed by atoms with Crippen LogP contribution in [0, 0.1) is 5.41 Å². The van der Waals surface area contributed by atoms with Gasteiger partial charge >= 0.3 is 6.09 Å². The van der Waals surface area contributed by atoms with Crippen molar-refractivity contribution in [3.63, 3.8) is 0 Å². The third kappa shape index (κ3) is 6.22. The maximum absolute atomic E-state index is 14.3. The number of likely N-dealkylation sites (tertiary alicyclic amines) is 1. The number of hydrogen-bond acceptors (Lipinski definition) is 6. The van der Waals surface area contributed by atoms with Crippen LogP contribution < -0.4 is 14.8 Å². The largest absolute Gasteiger partial charge is 0.493 e. The molecule has 0 bridgehead atoms. The first-order chi connectivity index (χ1) is 22.4. The average molecular weight is 622 g/mol. The minimum Gasteiger partial charge on any atom is -0.493 e. The molecule has 0 saturated carbocycles. The maximum atomic E-state index is 14.3. The van der Waals surface area contributed by atoms with Crippen molar-refractivity contribution in [2.45, 2.75) is 44.9 Å². The Labute approximate surface area is 269 Å². The Morgan fingerprint density at radius 3 is 2.50 bits per heavy atom. The number of nitrogens with one attached hydrogen (secondary N) is 1. The number of rotatable bonds is 8. The summed E-state index contributed by atoms with van der Waals surface area (Å²) in [5, 5.41) is 3.17. The predicted octanol–water partition coefficient (Wildman–Crippen LogP) is 6.14. The van der Waals surface area contributed by atoms with Gasteiger partial charge in [0.05, 0.1) is 25.7 Å². The van der Waals surface area contributed by atoms with Gasteiger partial charge in [-0.2, -0.15) is 0 Å². The van der Waals surface area contributed by atoms with Crippen molar-refractivity contribution in [1.29, 1.82) is 0 Å². The summed E-state index contributed by atoms with van der Waals surface area (Å²) in [5.74, 6) is 0.713. The lowest BCUT2D eigenvalue weighted by Crippen LogP contribution is -2.52. The van der Waals surface area contributed by atoms with E-state index in [0.29, 0.717) is 61.6 Å². The van der Waals surface area contributed by atoms with Crippen LogP contribution in [0.4, 0.5) is 10.5 Å². The standard InChI is InChI=1S/C37H39N3O6/c1-44-31-16-14-28(23-32(31)45-2)34(41)40-20-9-12-33(40)37(18-7-4-8-19-37)35(42)38-30-15-13-27-17-21-39(24-29(27)22-30)36(43)46-25-26-10-5-3-6-11-26/h3-8,10-11,13-16,18,22-23,33H,9,12,17,19-21,24-25H2,1-2H3,(H,38,42). The normalized spacial score (nSPS) is 20.2. The third-order valence-electron chi connectivity index (χ3n) is 9.20. The second kappa shape index (κ2) is 13.5. The number of fused-ring (bicyclic) bond motifs is 1. The predicted molar refractivity (Wildman–Crippen MR) is 175 cm³/mol. The molecule has 0 radical (unpaired) electrons. The molecule has 1 fully saturated rings. The third-order valence-corrected chi connectivity index (χ3v) is 9.20. The fraction of sp³-hybridized carbons (Fsp3) is 0.324. The summed E-state index contributed by atoms with van der Waals surface area (Å²) in [4.78, 5) is 44.5. The van der Waals surface area contributed by atoms with Crippen molar-refractivity contribution in [1.82, 2.24) is 9.80 Å². The average Bonchev–Trinajstić information content (AvgIpc) is 3.61. The highest BCUT2D eigenvalue weighted by molar-refractivity contribution is 6.00. The molecule has 9 nitrogen and oxygen atoms in total. The van der Waals surface area contributed by atoms with Crippen molar-refractivity contribution in [3.8, 4) is 11.5 Å². The van der Waals surface area contributed by atoms with Gasteiger partial charge in [0.15, 0.2) is 11.5 Å². The smallest absolute Gasteiger partial charge is 0.410 e. The van der Waals surface area contributed by atoms with Crippen LogP contribution in [-0.4, -0.2) is 61.1 Å². The zero-order valence-corrected chi connectivity index (χ0v) is 26.2. The molecule has 9 heteroatoms. The summed E-state index contributed by atoms with van der Waals surface area (Å²) in [7, 11) is 3.10. The quantitative estimate of drug-likeness (QED) is 0.324. The van der Waals surface area contributed by atoms with Gasteiger partial charge in [0, 0.05) is 30.9 Å². The molecule has 1 aliphatic carbocycles. The fourth-order valence-corrected chi connectivity index (χ4v) is 6.73. The molecule has 1 N–H and O–H groups in total. The lowest BCUT2D eigenvalue weighted by atomic mass is 9.73. The van der Waals surface area contributed by atoms with Crippen LogP contribution in [0.5, 0.6) is 11.5 Å². The molecule has 0 aromatic heterocycles. The molecule has 46 heavy (non-hydrogen) atoms. The van der Waals surface area contributed by atoms with Gasteiger partial charge in [-0.1, -0.05) is 60.7 Å². The van der Waals surface area contributed by atoms with Crippen LogP contribution in [0.1, 0.15) is 46.3 Å². The van der Waals surface area contributed by atoms with Crippen molar-refractivity contribution >= 4 is 23.6 Å². The van der Waals surface area contributed by atoms with Gasteiger partial charge in [0.1, 0.15) is 6.61 Å². The van der Waals surface area contributed by atoms with Gasteiger partial charge in [-0.25, -0.2) is 4.79 Å². The highest BCUT2D eigenvalue weighted by Gasteiger charge is 2.49. The monoisotopic (exact) mass is 621 g/mol.